The van der Waals surface area contributed by atoms with E-state index in [2.05, 4.69) is 45.2 Å². The molecule has 0 saturated carbocycles. The molecule has 2 aliphatic heterocycles. The summed E-state index contributed by atoms with van der Waals surface area (Å²) in [5.74, 6) is -2.48. The van der Waals surface area contributed by atoms with Gasteiger partial charge in [-0.25, -0.2) is 9.48 Å². The molecule has 3 heterocycles. The Morgan fingerprint density at radius 2 is 1.92 bits per heavy atom. The number of benzene rings is 2. The van der Waals surface area contributed by atoms with Gasteiger partial charge in [-0.2, -0.15) is 13.2 Å². The lowest BCUT2D eigenvalue weighted by molar-refractivity contribution is -0.192. The Morgan fingerprint density at radius 3 is 2.56 bits per heavy atom. The van der Waals surface area contributed by atoms with Crippen molar-refractivity contribution in [2.45, 2.75) is 38.5 Å². The van der Waals surface area contributed by atoms with Crippen LogP contribution in [0.4, 0.5) is 18.9 Å². The molecule has 11 heteroatoms. The van der Waals surface area contributed by atoms with Crippen LogP contribution in [0.3, 0.4) is 0 Å². The van der Waals surface area contributed by atoms with Gasteiger partial charge in [-0.15, -0.1) is 5.10 Å². The lowest BCUT2D eigenvalue weighted by Crippen LogP contribution is -2.21. The maximum atomic E-state index is 10.6. The maximum absolute atomic E-state index is 10.6. The van der Waals surface area contributed by atoms with E-state index in [1.165, 1.54) is 22.3 Å². The van der Waals surface area contributed by atoms with Gasteiger partial charge in [0.25, 0.3) is 0 Å². The van der Waals surface area contributed by atoms with E-state index in [4.69, 9.17) is 9.90 Å². The first-order valence-corrected chi connectivity index (χ1v) is 11.4. The molecule has 0 aliphatic carbocycles. The fourth-order valence-electron chi connectivity index (χ4n) is 4.36. The third kappa shape index (κ3) is 5.68. The van der Waals surface area contributed by atoms with Gasteiger partial charge in [-0.1, -0.05) is 23.4 Å². The third-order valence-corrected chi connectivity index (χ3v) is 6.10. The molecule has 8 nitrogen and oxygen atoms in total. The van der Waals surface area contributed by atoms with Gasteiger partial charge in [-0.05, 0) is 73.3 Å². The number of rotatable bonds is 3. The van der Waals surface area contributed by atoms with Crippen LogP contribution in [0.1, 0.15) is 35.7 Å². The molecular formula is C25H26F3N5O3. The van der Waals surface area contributed by atoms with Crippen LogP contribution in [0.5, 0.6) is 5.75 Å². The summed E-state index contributed by atoms with van der Waals surface area (Å²) in [5.41, 5.74) is 8.24. The van der Waals surface area contributed by atoms with Crippen molar-refractivity contribution in [3.8, 4) is 17.0 Å². The zero-order valence-corrected chi connectivity index (χ0v) is 19.5. The van der Waals surface area contributed by atoms with E-state index in [1.807, 2.05) is 23.7 Å². The molecule has 36 heavy (non-hydrogen) atoms. The van der Waals surface area contributed by atoms with Crippen LogP contribution in [-0.2, 0) is 11.3 Å². The minimum Gasteiger partial charge on any atom is -0.508 e. The number of hydrogen-bond acceptors (Lipinski definition) is 6. The lowest BCUT2D eigenvalue weighted by Gasteiger charge is -2.22. The first kappa shape index (κ1) is 25.2. The minimum atomic E-state index is -5.08. The van der Waals surface area contributed by atoms with Gasteiger partial charge in [0.2, 0.25) is 0 Å². The molecule has 2 aliphatic rings. The normalized spacial score (nSPS) is 17.0. The molecular weight excluding hydrogens is 475 g/mol. The number of phenolic OH excluding ortho intramolecular Hbond substituents is 1. The number of aromatic nitrogens is 3. The summed E-state index contributed by atoms with van der Waals surface area (Å²) < 4.78 is 33.8. The zero-order chi connectivity index (χ0) is 25.9. The van der Waals surface area contributed by atoms with Crippen LogP contribution in [0, 0.1) is 6.92 Å². The number of nitrogens with one attached hydrogen (secondary N) is 2. The molecule has 1 unspecified atom stereocenters. The summed E-state index contributed by atoms with van der Waals surface area (Å²) in [4.78, 5) is 8.90. The number of carboxylic acids is 1. The van der Waals surface area contributed by atoms with Gasteiger partial charge in [0.15, 0.2) is 0 Å². The molecule has 0 amide bonds. The number of hydrogen-bond donors (Lipinski definition) is 4. The Kier molecular flexibility index (Phi) is 7.30. The van der Waals surface area contributed by atoms with Crippen molar-refractivity contribution in [1.82, 2.24) is 20.3 Å². The number of aliphatic carboxylic acids is 1. The quantitative estimate of drug-likeness (QED) is 0.390. The van der Waals surface area contributed by atoms with Crippen LogP contribution in [0.25, 0.3) is 16.8 Å². The number of aromatic hydroxyl groups is 1. The van der Waals surface area contributed by atoms with Crippen LogP contribution >= 0.6 is 0 Å². The predicted octanol–water partition coefficient (Wildman–Crippen LogP) is 4.53. The van der Waals surface area contributed by atoms with Gasteiger partial charge in [-0.3, -0.25) is 0 Å². The average Bonchev–Trinajstić information content (AvgIpc) is 3.15. The summed E-state index contributed by atoms with van der Waals surface area (Å²) in [7, 11) is 0. The Bertz CT molecular complexity index is 1270. The number of alkyl halides is 3. The van der Waals surface area contributed by atoms with Crippen molar-refractivity contribution in [1.29, 1.82) is 0 Å². The fraction of sp³-hybridized carbons (Fsp3) is 0.320. The van der Waals surface area contributed by atoms with Crippen molar-refractivity contribution in [3.63, 3.8) is 0 Å². The maximum Gasteiger partial charge on any atom is 0.490 e. The van der Waals surface area contributed by atoms with Crippen molar-refractivity contribution in [3.05, 3.63) is 65.4 Å². The summed E-state index contributed by atoms with van der Waals surface area (Å²) in [6, 6.07) is 14.2. The average molecular weight is 502 g/mol. The van der Waals surface area contributed by atoms with E-state index in [9.17, 15) is 18.3 Å². The van der Waals surface area contributed by atoms with Crippen molar-refractivity contribution in [2.75, 3.05) is 18.4 Å². The van der Waals surface area contributed by atoms with Gasteiger partial charge in [0.05, 0.1) is 17.4 Å². The summed E-state index contributed by atoms with van der Waals surface area (Å²) in [5, 5.41) is 32.5. The van der Waals surface area contributed by atoms with Crippen molar-refractivity contribution >= 4 is 17.2 Å². The van der Waals surface area contributed by atoms with E-state index in [1.54, 1.807) is 12.1 Å². The molecule has 5 rings (SSSR count). The van der Waals surface area contributed by atoms with Gasteiger partial charge >= 0.3 is 12.1 Å². The molecule has 2 aromatic carbocycles. The highest BCUT2D eigenvalue weighted by molar-refractivity contribution is 5.75. The largest absolute Gasteiger partial charge is 0.508 e. The molecule has 0 spiro atoms. The second-order valence-electron chi connectivity index (χ2n) is 8.57. The lowest BCUT2D eigenvalue weighted by atomic mass is 9.90. The Morgan fingerprint density at radius 1 is 1.19 bits per heavy atom. The first-order valence-electron chi connectivity index (χ1n) is 11.4. The second-order valence-corrected chi connectivity index (χ2v) is 8.57. The standard InChI is InChI=1S/C23H25N5O.C2HF3O2/c1-15-23-20-7-2-17(16-8-11-24-12-9-16)14-21(20)22(10-13-28(23)27-26-15)25-18-3-5-19(29)6-4-18;3-2(4,5)1(6)7/h2-8,14,22,24-25,29H,9-13H2,1H3;(H,6,7). The number of halogens is 3. The second kappa shape index (κ2) is 10.4. The Hall–Kier alpha value is -3.86. The number of phenols is 1. The van der Waals surface area contributed by atoms with E-state index in [-0.39, 0.29) is 11.8 Å². The highest BCUT2D eigenvalue weighted by Crippen LogP contribution is 2.38. The van der Waals surface area contributed by atoms with E-state index in [0.717, 1.165) is 49.6 Å². The molecule has 0 radical (unpaired) electrons. The van der Waals surface area contributed by atoms with Crippen LogP contribution in [-0.4, -0.2) is 50.4 Å². The van der Waals surface area contributed by atoms with Gasteiger partial charge in [0.1, 0.15) is 5.75 Å². The zero-order valence-electron chi connectivity index (χ0n) is 19.5. The summed E-state index contributed by atoms with van der Waals surface area (Å²) in [6.07, 6.45) is -0.831. The minimum absolute atomic E-state index is 0.151. The Balaban J connectivity index is 0.000000384. The molecule has 3 aromatic rings. The molecule has 1 atom stereocenters. The van der Waals surface area contributed by atoms with Crippen LogP contribution in [0.15, 0.2) is 48.5 Å². The van der Waals surface area contributed by atoms with Crippen LogP contribution < -0.4 is 10.6 Å². The Labute approximate surface area is 205 Å². The molecule has 4 N–H and O–H groups in total. The summed E-state index contributed by atoms with van der Waals surface area (Å²) >= 11 is 0. The van der Waals surface area contributed by atoms with E-state index < -0.39 is 12.1 Å². The number of carboxylic acid groups (broad SMARTS) is 1. The van der Waals surface area contributed by atoms with Gasteiger partial charge in [0, 0.05) is 24.3 Å². The molecule has 0 bridgehead atoms. The number of nitrogens with zero attached hydrogens (tertiary/aromatic N) is 3. The summed E-state index contributed by atoms with van der Waals surface area (Å²) in [6.45, 7) is 4.79. The number of anilines is 1. The molecule has 0 saturated heterocycles. The number of carbonyl (C=O) groups is 1. The number of fused-ring (bicyclic) bond motifs is 3. The highest BCUT2D eigenvalue weighted by Gasteiger charge is 2.38. The predicted molar refractivity (Wildman–Crippen MR) is 128 cm³/mol. The molecule has 1 aromatic heterocycles. The van der Waals surface area contributed by atoms with Crippen molar-refractivity contribution in [2.24, 2.45) is 0 Å². The first-order chi connectivity index (χ1) is 17.1. The highest BCUT2D eigenvalue weighted by atomic mass is 19.4. The van der Waals surface area contributed by atoms with E-state index in [0.29, 0.717) is 0 Å². The third-order valence-electron chi connectivity index (χ3n) is 6.10. The van der Waals surface area contributed by atoms with Crippen LogP contribution in [0.2, 0.25) is 0 Å². The SMILES string of the molecule is Cc1nnn2c1-c1ccc(C3=CCNCC3)cc1C(Nc1ccc(O)cc1)CC2.O=C(O)C(F)(F)F. The number of aryl methyl sites for hydroxylation is 2. The molecule has 190 valence electrons. The smallest absolute Gasteiger partial charge is 0.490 e. The van der Waals surface area contributed by atoms with Crippen molar-refractivity contribution < 1.29 is 28.2 Å². The van der Waals surface area contributed by atoms with Gasteiger partial charge < -0.3 is 20.8 Å². The monoisotopic (exact) mass is 501 g/mol. The fourth-order valence-corrected chi connectivity index (χ4v) is 4.36. The van der Waals surface area contributed by atoms with E-state index >= 15 is 0 Å². The molecule has 0 fully saturated rings. The topological polar surface area (TPSA) is 112 Å².